The molecule has 1 spiro atoms. The molecular formula is C64H38N6O. The minimum absolute atomic E-state index is 0.750. The molecular weight excluding hydrogens is 869 g/mol. The van der Waals surface area contributed by atoms with Crippen LogP contribution in [0.25, 0.3) is 105 Å². The third-order valence-corrected chi connectivity index (χ3v) is 15.3. The molecule has 1 atom stereocenters. The Balaban J connectivity index is 0.876. The van der Waals surface area contributed by atoms with Gasteiger partial charge in [-0.1, -0.05) is 127 Å². The van der Waals surface area contributed by atoms with E-state index >= 15 is 0 Å². The molecule has 0 bridgehead atoms. The summed E-state index contributed by atoms with van der Waals surface area (Å²) in [5.41, 5.74) is 17.3. The number of nitrogens with zero attached hydrogens (tertiary/aromatic N) is 6. The molecule has 6 aromatic heterocycles. The molecule has 0 saturated heterocycles. The minimum Gasteiger partial charge on any atom is -0.457 e. The van der Waals surface area contributed by atoms with E-state index in [0.29, 0.717) is 0 Å². The fourth-order valence-corrected chi connectivity index (χ4v) is 12.4. The standard InChI is InChI=1S/C64H38N6O/c1-7-21-54-44(14-1)45-15-2-8-22-55(45)68(54)41-28-29-51-61(35-41)71-60-26-12-6-19-50(60)64(51)52-20-13-31-66-62(52)63-53(64)33-40(36-67-63)39-27-30-59-49(32-39)48-18-5-11-25-58(48)70(59)43-34-42(37-65-38-43)69-56-23-9-3-16-46(56)47-17-4-10-24-57(47)69/h1-38H. The maximum absolute atomic E-state index is 7.00. The topological polar surface area (TPSA) is 62.7 Å². The quantitative estimate of drug-likeness (QED) is 0.176. The van der Waals surface area contributed by atoms with Gasteiger partial charge >= 0.3 is 0 Å². The van der Waals surface area contributed by atoms with Crippen LogP contribution in [0.2, 0.25) is 0 Å². The smallest absolute Gasteiger partial charge is 0.134 e. The van der Waals surface area contributed by atoms with Gasteiger partial charge in [-0.2, -0.15) is 0 Å². The van der Waals surface area contributed by atoms with Gasteiger partial charge < -0.3 is 18.4 Å². The van der Waals surface area contributed by atoms with E-state index in [1.807, 2.05) is 24.8 Å². The first-order valence-corrected chi connectivity index (χ1v) is 24.1. The van der Waals surface area contributed by atoms with Crippen LogP contribution >= 0.6 is 0 Å². The Labute approximate surface area is 406 Å². The number of hydrogen-bond donors (Lipinski definition) is 0. The first-order chi connectivity index (χ1) is 35.2. The molecule has 330 valence electrons. The van der Waals surface area contributed by atoms with E-state index in [-0.39, 0.29) is 0 Å². The first-order valence-electron chi connectivity index (χ1n) is 24.1. The first kappa shape index (κ1) is 38.4. The number of hydrogen-bond acceptors (Lipinski definition) is 4. The van der Waals surface area contributed by atoms with Gasteiger partial charge in [-0.15, -0.1) is 0 Å². The van der Waals surface area contributed by atoms with Crippen LogP contribution < -0.4 is 4.74 Å². The molecule has 1 aliphatic carbocycles. The molecule has 0 amide bonds. The van der Waals surface area contributed by atoms with Gasteiger partial charge in [-0.25, -0.2) is 0 Å². The summed E-state index contributed by atoms with van der Waals surface area (Å²) in [5.74, 6) is 1.63. The van der Waals surface area contributed by atoms with Crippen molar-refractivity contribution in [2.75, 3.05) is 0 Å². The second kappa shape index (κ2) is 14.2. The summed E-state index contributed by atoms with van der Waals surface area (Å²) in [6, 6.07) is 74.1. The number of benzene rings is 8. The van der Waals surface area contributed by atoms with Gasteiger partial charge in [-0.05, 0) is 83.9 Å². The fraction of sp³-hybridized carbons (Fsp3) is 0.0156. The van der Waals surface area contributed by atoms with E-state index in [0.717, 1.165) is 112 Å². The molecule has 7 heteroatoms. The molecule has 71 heavy (non-hydrogen) atoms. The van der Waals surface area contributed by atoms with Crippen molar-refractivity contribution in [1.82, 2.24) is 28.7 Å². The minimum atomic E-state index is -0.750. The molecule has 0 fully saturated rings. The van der Waals surface area contributed by atoms with E-state index in [1.165, 1.54) is 26.9 Å². The monoisotopic (exact) mass is 906 g/mol. The van der Waals surface area contributed by atoms with Gasteiger partial charge in [0.2, 0.25) is 0 Å². The molecule has 14 aromatic rings. The maximum atomic E-state index is 7.00. The lowest BCUT2D eigenvalue weighted by atomic mass is 9.66. The molecule has 7 nitrogen and oxygen atoms in total. The van der Waals surface area contributed by atoms with Crippen molar-refractivity contribution in [3.8, 4) is 51.1 Å². The van der Waals surface area contributed by atoms with Gasteiger partial charge in [-0.3, -0.25) is 15.0 Å². The van der Waals surface area contributed by atoms with E-state index in [9.17, 15) is 0 Å². The maximum Gasteiger partial charge on any atom is 0.134 e. The number of ether oxygens (including phenoxy) is 1. The summed E-state index contributed by atoms with van der Waals surface area (Å²) in [6.07, 6.45) is 7.85. The SMILES string of the molecule is c1ccc2c(c1)Oc1cc(-n3c4ccccc4c4ccccc43)ccc1C21c2cccnc2-c2ncc(-c3ccc4c(c3)c3ccccc3n4-c3cncc(-n4c5ccccc5c5ccccc54)c3)cc21. The summed E-state index contributed by atoms with van der Waals surface area (Å²) < 4.78 is 14.0. The molecule has 0 N–H and O–H groups in total. The third kappa shape index (κ3) is 5.13. The average molecular weight is 907 g/mol. The summed E-state index contributed by atoms with van der Waals surface area (Å²) in [4.78, 5) is 15.3. The lowest BCUT2D eigenvalue weighted by Gasteiger charge is -2.39. The number of aromatic nitrogens is 6. The van der Waals surface area contributed by atoms with Gasteiger partial charge in [0.15, 0.2) is 0 Å². The number of fused-ring (bicyclic) bond motifs is 18. The van der Waals surface area contributed by atoms with E-state index in [4.69, 9.17) is 19.7 Å². The van der Waals surface area contributed by atoms with E-state index in [1.54, 1.807) is 0 Å². The lowest BCUT2D eigenvalue weighted by Crippen LogP contribution is -2.32. The Morgan fingerprint density at radius 2 is 0.831 bits per heavy atom. The van der Waals surface area contributed by atoms with Crippen LogP contribution in [0.1, 0.15) is 22.3 Å². The highest BCUT2D eigenvalue weighted by Gasteiger charge is 2.52. The van der Waals surface area contributed by atoms with Crippen molar-refractivity contribution in [2.24, 2.45) is 0 Å². The largest absolute Gasteiger partial charge is 0.457 e. The van der Waals surface area contributed by atoms with Crippen molar-refractivity contribution >= 4 is 65.4 Å². The van der Waals surface area contributed by atoms with Crippen LogP contribution in [0.4, 0.5) is 0 Å². The molecule has 0 saturated carbocycles. The predicted octanol–water partition coefficient (Wildman–Crippen LogP) is 15.3. The summed E-state index contributed by atoms with van der Waals surface area (Å²) in [7, 11) is 0. The van der Waals surface area contributed by atoms with Crippen molar-refractivity contribution in [1.29, 1.82) is 0 Å². The summed E-state index contributed by atoms with van der Waals surface area (Å²) >= 11 is 0. The number of rotatable bonds is 4. The van der Waals surface area contributed by atoms with Crippen molar-refractivity contribution in [3.05, 3.63) is 253 Å². The van der Waals surface area contributed by atoms with Crippen LogP contribution in [0, 0.1) is 0 Å². The van der Waals surface area contributed by atoms with Gasteiger partial charge in [0.1, 0.15) is 11.5 Å². The van der Waals surface area contributed by atoms with Crippen LogP contribution in [-0.4, -0.2) is 28.7 Å². The predicted molar refractivity (Wildman–Crippen MR) is 286 cm³/mol. The molecule has 16 rings (SSSR count). The lowest BCUT2D eigenvalue weighted by molar-refractivity contribution is 0.436. The highest BCUT2D eigenvalue weighted by molar-refractivity contribution is 6.12. The van der Waals surface area contributed by atoms with Gasteiger partial charge in [0.05, 0.1) is 73.7 Å². The highest BCUT2D eigenvalue weighted by Crippen LogP contribution is 2.62. The van der Waals surface area contributed by atoms with Crippen LogP contribution in [0.3, 0.4) is 0 Å². The zero-order chi connectivity index (χ0) is 46.4. The molecule has 1 aliphatic heterocycles. The Morgan fingerprint density at radius 3 is 1.46 bits per heavy atom. The molecule has 7 heterocycles. The second-order valence-electron chi connectivity index (χ2n) is 18.8. The normalized spacial score (nSPS) is 14.6. The van der Waals surface area contributed by atoms with Gasteiger partial charge in [0, 0.05) is 78.7 Å². The summed E-state index contributed by atoms with van der Waals surface area (Å²) in [6.45, 7) is 0. The third-order valence-electron chi connectivity index (χ3n) is 15.3. The Morgan fingerprint density at radius 1 is 0.324 bits per heavy atom. The second-order valence-corrected chi connectivity index (χ2v) is 18.8. The van der Waals surface area contributed by atoms with Gasteiger partial charge in [0.25, 0.3) is 0 Å². The van der Waals surface area contributed by atoms with Crippen molar-refractivity contribution in [2.45, 2.75) is 5.41 Å². The Hall–Kier alpha value is -9.59. The molecule has 8 aromatic carbocycles. The molecule has 1 unspecified atom stereocenters. The Kier molecular flexibility index (Phi) is 7.69. The zero-order valence-electron chi connectivity index (χ0n) is 38.0. The highest BCUT2D eigenvalue weighted by atomic mass is 16.5. The summed E-state index contributed by atoms with van der Waals surface area (Å²) in [5, 5.41) is 7.20. The van der Waals surface area contributed by atoms with Crippen LogP contribution in [-0.2, 0) is 5.41 Å². The molecule has 0 radical (unpaired) electrons. The van der Waals surface area contributed by atoms with E-state index in [2.05, 4.69) is 220 Å². The van der Waals surface area contributed by atoms with Crippen molar-refractivity contribution in [3.63, 3.8) is 0 Å². The number of para-hydroxylation sites is 6. The average Bonchev–Trinajstić information content (AvgIpc) is 4.15. The number of pyridine rings is 3. The zero-order valence-corrected chi connectivity index (χ0v) is 38.0. The Bertz CT molecular complexity index is 4490. The van der Waals surface area contributed by atoms with Crippen LogP contribution in [0.15, 0.2) is 231 Å². The van der Waals surface area contributed by atoms with Crippen molar-refractivity contribution < 1.29 is 4.74 Å². The van der Waals surface area contributed by atoms with Crippen LogP contribution in [0.5, 0.6) is 11.5 Å². The fourth-order valence-electron chi connectivity index (χ4n) is 12.4. The van der Waals surface area contributed by atoms with E-state index < -0.39 is 5.41 Å². The molecule has 2 aliphatic rings.